The van der Waals surface area contributed by atoms with Gasteiger partial charge in [0.15, 0.2) is 6.23 Å². The fourth-order valence-electron chi connectivity index (χ4n) is 5.17. The van der Waals surface area contributed by atoms with Crippen molar-refractivity contribution in [1.29, 1.82) is 0 Å². The molecule has 2 aliphatic heterocycles. The monoisotopic (exact) mass is 575 g/mol. The maximum absolute atomic E-state index is 12.8. The molecule has 0 radical (unpaired) electrons. The molecular weight excluding hydrogens is 537 g/mol. The number of ether oxygens (including phenoxy) is 2. The summed E-state index contributed by atoms with van der Waals surface area (Å²) in [4.78, 5) is 31.3. The fourth-order valence-corrected chi connectivity index (χ4v) is 5.58. The summed E-state index contributed by atoms with van der Waals surface area (Å²) in [6.07, 6.45) is 2.72. The summed E-state index contributed by atoms with van der Waals surface area (Å²) < 4.78 is 11.6. The molecule has 1 atom stereocenters. The van der Waals surface area contributed by atoms with E-state index >= 15 is 0 Å². The van der Waals surface area contributed by atoms with Gasteiger partial charge in [0.2, 0.25) is 5.91 Å². The predicted octanol–water partition coefficient (Wildman–Crippen LogP) is 6.19. The van der Waals surface area contributed by atoms with Crippen molar-refractivity contribution in [1.82, 2.24) is 4.90 Å². The van der Waals surface area contributed by atoms with E-state index in [2.05, 4.69) is 9.80 Å². The number of piperazine rings is 1. The maximum atomic E-state index is 12.8. The van der Waals surface area contributed by atoms with Gasteiger partial charge in [0.1, 0.15) is 5.75 Å². The number of rotatable bonds is 11. The average molecular weight is 577 g/mol. The van der Waals surface area contributed by atoms with E-state index in [9.17, 15) is 9.59 Å². The third kappa shape index (κ3) is 7.80. The van der Waals surface area contributed by atoms with Crippen molar-refractivity contribution in [2.75, 3.05) is 49.1 Å². The highest BCUT2D eigenvalue weighted by molar-refractivity contribution is 6.43. The molecule has 7 nitrogen and oxygen atoms in total. The van der Waals surface area contributed by atoms with Crippen molar-refractivity contribution in [3.8, 4) is 5.75 Å². The topological polar surface area (TPSA) is 62.3 Å². The molecule has 39 heavy (non-hydrogen) atoms. The molecule has 1 unspecified atom stereocenters. The lowest BCUT2D eigenvalue weighted by atomic mass is 10.0. The van der Waals surface area contributed by atoms with E-state index in [1.807, 2.05) is 50.2 Å². The van der Waals surface area contributed by atoms with E-state index in [0.717, 1.165) is 68.3 Å². The van der Waals surface area contributed by atoms with Gasteiger partial charge in [0, 0.05) is 45.1 Å². The molecule has 2 heterocycles. The van der Waals surface area contributed by atoms with Gasteiger partial charge in [-0.1, -0.05) is 49.2 Å². The number of fused-ring (bicyclic) bond motifs is 1. The van der Waals surface area contributed by atoms with E-state index in [4.69, 9.17) is 32.7 Å². The van der Waals surface area contributed by atoms with Crippen LogP contribution in [0.3, 0.4) is 0 Å². The van der Waals surface area contributed by atoms with Crippen molar-refractivity contribution >= 4 is 46.5 Å². The van der Waals surface area contributed by atoms with Gasteiger partial charge in [-0.3, -0.25) is 19.4 Å². The third-order valence-corrected chi connectivity index (χ3v) is 8.02. The third-order valence-electron chi connectivity index (χ3n) is 7.22. The second kappa shape index (κ2) is 13.7. The molecule has 9 heteroatoms. The van der Waals surface area contributed by atoms with Gasteiger partial charge in [-0.05, 0) is 62.4 Å². The molecule has 0 bridgehead atoms. The maximum Gasteiger partial charge on any atom is 0.307 e. The summed E-state index contributed by atoms with van der Waals surface area (Å²) in [5.41, 5.74) is 2.84. The number of benzene rings is 2. The Labute approximate surface area is 241 Å². The lowest BCUT2D eigenvalue weighted by Crippen LogP contribution is -2.46. The van der Waals surface area contributed by atoms with Crippen molar-refractivity contribution in [3.05, 3.63) is 52.0 Å². The van der Waals surface area contributed by atoms with Gasteiger partial charge >= 0.3 is 5.97 Å². The number of carbonyl (C=O) groups excluding carboxylic acids is 2. The average Bonchev–Trinajstić information content (AvgIpc) is 2.89. The largest absolute Gasteiger partial charge is 0.494 e. The summed E-state index contributed by atoms with van der Waals surface area (Å²) in [6, 6.07) is 11.7. The first-order valence-corrected chi connectivity index (χ1v) is 14.7. The number of anilines is 2. The molecule has 1 saturated heterocycles. The van der Waals surface area contributed by atoms with Gasteiger partial charge in [-0.15, -0.1) is 0 Å². The summed E-state index contributed by atoms with van der Waals surface area (Å²) in [5.74, 6) is 0.592. The SMILES string of the molecule is CC(C)CC(=O)OC(C)N1C(=O)CCc2ccc(OCCCCN3CCN(c4cccc(Cl)c4Cl)CC3)cc21. The van der Waals surface area contributed by atoms with Crippen LogP contribution in [0.4, 0.5) is 11.4 Å². The molecule has 1 fully saturated rings. The van der Waals surface area contributed by atoms with Crippen LogP contribution in [0.1, 0.15) is 52.0 Å². The second-order valence-corrected chi connectivity index (χ2v) is 11.5. The zero-order valence-electron chi connectivity index (χ0n) is 23.1. The summed E-state index contributed by atoms with van der Waals surface area (Å²) in [5, 5.41) is 1.22. The first kappa shape index (κ1) is 29.5. The minimum absolute atomic E-state index is 0.0396. The van der Waals surface area contributed by atoms with Crippen LogP contribution < -0.4 is 14.5 Å². The van der Waals surface area contributed by atoms with Crippen LogP contribution in [0.5, 0.6) is 5.75 Å². The van der Waals surface area contributed by atoms with Gasteiger partial charge in [-0.2, -0.15) is 0 Å². The number of halogens is 2. The zero-order chi connectivity index (χ0) is 27.9. The van der Waals surface area contributed by atoms with Gasteiger partial charge in [0.05, 0.1) is 28.0 Å². The van der Waals surface area contributed by atoms with E-state index in [1.54, 1.807) is 11.8 Å². The standard InChI is InChI=1S/C30H39Cl2N3O4/c1-21(2)19-29(37)39-22(3)35-27-20-24(11-9-23(27)10-12-28(35)36)38-18-5-4-13-33-14-16-34(17-15-33)26-8-6-7-25(31)30(26)32/h6-9,11,20-22H,4-5,10,12-19H2,1-3H3. The summed E-state index contributed by atoms with van der Waals surface area (Å²) >= 11 is 12.6. The highest BCUT2D eigenvalue weighted by Gasteiger charge is 2.31. The fraction of sp³-hybridized carbons (Fsp3) is 0.533. The second-order valence-electron chi connectivity index (χ2n) is 10.7. The zero-order valence-corrected chi connectivity index (χ0v) is 24.6. The number of carbonyl (C=O) groups is 2. The van der Waals surface area contributed by atoms with E-state index in [1.165, 1.54) is 0 Å². The number of hydrogen-bond acceptors (Lipinski definition) is 6. The molecule has 0 spiro atoms. The van der Waals surface area contributed by atoms with Crippen LogP contribution in [0.15, 0.2) is 36.4 Å². The Hall–Kier alpha value is -2.48. The van der Waals surface area contributed by atoms with E-state index in [-0.39, 0.29) is 17.8 Å². The highest BCUT2D eigenvalue weighted by Crippen LogP contribution is 2.34. The number of hydrogen-bond donors (Lipinski definition) is 0. The summed E-state index contributed by atoms with van der Waals surface area (Å²) in [6.45, 7) is 11.1. The lowest BCUT2D eigenvalue weighted by Gasteiger charge is -2.36. The van der Waals surface area contributed by atoms with Crippen LogP contribution in [-0.2, 0) is 20.7 Å². The Kier molecular flexibility index (Phi) is 10.4. The molecule has 0 aromatic heterocycles. The van der Waals surface area contributed by atoms with Gasteiger partial charge in [-0.25, -0.2) is 0 Å². The lowest BCUT2D eigenvalue weighted by molar-refractivity contribution is -0.149. The molecule has 0 saturated carbocycles. The number of unbranched alkanes of at least 4 members (excludes halogenated alkanes) is 1. The van der Waals surface area contributed by atoms with Crippen molar-refractivity contribution in [3.63, 3.8) is 0 Å². The highest BCUT2D eigenvalue weighted by atomic mass is 35.5. The molecule has 1 amide bonds. The van der Waals surface area contributed by atoms with Crippen LogP contribution in [0.25, 0.3) is 0 Å². The minimum atomic E-state index is -0.659. The first-order chi connectivity index (χ1) is 18.7. The molecule has 212 valence electrons. The van der Waals surface area contributed by atoms with Gasteiger partial charge in [0.25, 0.3) is 0 Å². The molecule has 2 aliphatic rings. The first-order valence-electron chi connectivity index (χ1n) is 13.9. The Morgan fingerprint density at radius 2 is 1.74 bits per heavy atom. The number of amides is 1. The van der Waals surface area contributed by atoms with E-state index < -0.39 is 6.23 Å². The Morgan fingerprint density at radius 1 is 0.974 bits per heavy atom. The number of nitrogens with zero attached hydrogens (tertiary/aromatic N) is 3. The minimum Gasteiger partial charge on any atom is -0.494 e. The van der Waals surface area contributed by atoms with Crippen molar-refractivity contribution in [2.24, 2.45) is 5.92 Å². The van der Waals surface area contributed by atoms with Crippen molar-refractivity contribution < 1.29 is 19.1 Å². The smallest absolute Gasteiger partial charge is 0.307 e. The van der Waals surface area contributed by atoms with Crippen LogP contribution in [0.2, 0.25) is 10.0 Å². The quantitative estimate of drug-likeness (QED) is 0.235. The van der Waals surface area contributed by atoms with Crippen molar-refractivity contribution in [2.45, 2.75) is 59.1 Å². The van der Waals surface area contributed by atoms with Gasteiger partial charge < -0.3 is 14.4 Å². The van der Waals surface area contributed by atoms with Crippen LogP contribution in [-0.4, -0.2) is 62.3 Å². The Morgan fingerprint density at radius 3 is 2.49 bits per heavy atom. The molecular formula is C30H39Cl2N3O4. The van der Waals surface area contributed by atoms with Crippen LogP contribution >= 0.6 is 23.2 Å². The molecule has 2 aromatic carbocycles. The number of aryl methyl sites for hydroxylation is 1. The normalized spacial score (nSPS) is 16.8. The van der Waals surface area contributed by atoms with E-state index in [0.29, 0.717) is 35.9 Å². The predicted molar refractivity (Wildman–Crippen MR) is 157 cm³/mol. The molecule has 2 aromatic rings. The Bertz CT molecular complexity index is 1150. The molecule has 0 N–H and O–H groups in total. The molecule has 0 aliphatic carbocycles. The number of esters is 1. The molecule has 4 rings (SSSR count). The van der Waals surface area contributed by atoms with Crippen LogP contribution in [0, 0.1) is 5.92 Å². The Balaban J connectivity index is 1.23. The summed E-state index contributed by atoms with van der Waals surface area (Å²) in [7, 11) is 0.